The average Bonchev–Trinajstić information content (AvgIpc) is 2.59. The van der Waals surface area contributed by atoms with Gasteiger partial charge in [0.2, 0.25) is 0 Å². The van der Waals surface area contributed by atoms with E-state index >= 15 is 0 Å². The smallest absolute Gasteiger partial charge is 0.353 e. The van der Waals surface area contributed by atoms with Crippen LogP contribution in [0.2, 0.25) is 0 Å². The van der Waals surface area contributed by atoms with Gasteiger partial charge in [-0.15, -0.1) is 0 Å². The van der Waals surface area contributed by atoms with E-state index in [9.17, 15) is 28.1 Å². The number of rotatable bonds is 7. The van der Waals surface area contributed by atoms with Crippen molar-refractivity contribution >= 4 is 21.5 Å². The van der Waals surface area contributed by atoms with Crippen molar-refractivity contribution in [3.05, 3.63) is 67.6 Å². The van der Waals surface area contributed by atoms with Gasteiger partial charge in [0, 0.05) is 5.69 Å². The van der Waals surface area contributed by atoms with Gasteiger partial charge in [0.1, 0.15) is 5.56 Å². The fraction of sp³-hybridized carbons (Fsp3) is 0.294. The van der Waals surface area contributed by atoms with Crippen LogP contribution in [-0.4, -0.2) is 30.9 Å². The lowest BCUT2D eigenvalue weighted by Gasteiger charge is -2.13. The molecule has 0 aliphatic heterocycles. The molecule has 0 fully saturated rings. The number of nitrogens with zero attached hydrogens (tertiary/aromatic N) is 1. The maximum absolute atomic E-state index is 13.0. The second kappa shape index (κ2) is 8.12. The summed E-state index contributed by atoms with van der Waals surface area (Å²) in [6, 6.07) is 7.96. The zero-order valence-corrected chi connectivity index (χ0v) is 15.5. The minimum absolute atomic E-state index is 0.00334. The van der Waals surface area contributed by atoms with Gasteiger partial charge in [-0.3, -0.25) is 14.9 Å². The SMILES string of the molecule is CCCOC(=O)c1c(C)[nH]c(=O)c([N+](=O)[O-])c1S(=O)(=O)Cc1ccccc1. The Labute approximate surface area is 155 Å². The summed E-state index contributed by atoms with van der Waals surface area (Å²) in [6.07, 6.45) is 0.475. The maximum Gasteiger partial charge on any atom is 0.353 e. The summed E-state index contributed by atoms with van der Waals surface area (Å²) in [5.41, 5.74) is -2.67. The van der Waals surface area contributed by atoms with Crippen molar-refractivity contribution in [3.63, 3.8) is 0 Å². The zero-order chi connectivity index (χ0) is 20.2. The second-order valence-electron chi connectivity index (χ2n) is 5.77. The molecule has 2 aromatic rings. The van der Waals surface area contributed by atoms with Crippen LogP contribution < -0.4 is 5.56 Å². The highest BCUT2D eigenvalue weighted by Gasteiger charge is 2.37. The molecule has 1 aromatic carbocycles. The van der Waals surface area contributed by atoms with Crippen molar-refractivity contribution in [3.8, 4) is 0 Å². The number of esters is 1. The molecule has 1 aromatic heterocycles. The number of nitro groups is 1. The summed E-state index contributed by atoms with van der Waals surface area (Å²) in [7, 11) is -4.40. The van der Waals surface area contributed by atoms with Crippen LogP contribution >= 0.6 is 0 Å². The Hall–Kier alpha value is -3.01. The molecule has 0 spiro atoms. The van der Waals surface area contributed by atoms with E-state index in [-0.39, 0.29) is 12.3 Å². The molecule has 1 N–H and O–H groups in total. The van der Waals surface area contributed by atoms with E-state index in [1.54, 1.807) is 25.1 Å². The Bertz CT molecular complexity index is 1030. The molecule has 144 valence electrons. The molecule has 27 heavy (non-hydrogen) atoms. The van der Waals surface area contributed by atoms with Crippen molar-refractivity contribution in [2.75, 3.05) is 6.61 Å². The van der Waals surface area contributed by atoms with Gasteiger partial charge in [-0.05, 0) is 18.9 Å². The molecule has 10 heteroatoms. The van der Waals surface area contributed by atoms with Crippen molar-refractivity contribution in [1.29, 1.82) is 0 Å². The third-order valence-corrected chi connectivity index (χ3v) is 5.40. The Morgan fingerprint density at radius 3 is 2.44 bits per heavy atom. The molecule has 0 saturated carbocycles. The number of carbonyl (C=O) groups is 1. The van der Waals surface area contributed by atoms with Crippen molar-refractivity contribution in [2.45, 2.75) is 30.9 Å². The lowest BCUT2D eigenvalue weighted by Crippen LogP contribution is -2.25. The number of pyridine rings is 1. The molecule has 9 nitrogen and oxygen atoms in total. The standard InChI is InChI=1S/C17H18N2O7S/c1-3-9-26-17(21)13-11(2)18-16(20)14(19(22)23)15(13)27(24,25)10-12-7-5-4-6-8-12/h4-8H,3,9-10H2,1-2H3,(H,18,20). The minimum Gasteiger partial charge on any atom is -0.462 e. The number of H-pyrrole nitrogens is 1. The number of hydrogen-bond donors (Lipinski definition) is 1. The van der Waals surface area contributed by atoms with Gasteiger partial charge in [-0.25, -0.2) is 13.2 Å². The number of ether oxygens (including phenoxy) is 1. The summed E-state index contributed by atoms with van der Waals surface area (Å²) in [5, 5.41) is 11.4. The van der Waals surface area contributed by atoms with Crippen LogP contribution in [0.1, 0.15) is 35.0 Å². The molecule has 0 aliphatic carbocycles. The number of aryl methyl sites for hydroxylation is 1. The first-order chi connectivity index (χ1) is 12.7. The van der Waals surface area contributed by atoms with Crippen LogP contribution in [0.3, 0.4) is 0 Å². The molecule has 0 bridgehead atoms. The average molecular weight is 394 g/mol. The summed E-state index contributed by atoms with van der Waals surface area (Å²) < 4.78 is 30.9. The molecule has 1 heterocycles. The predicted molar refractivity (Wildman–Crippen MR) is 96.4 cm³/mol. The van der Waals surface area contributed by atoms with Gasteiger partial charge in [-0.2, -0.15) is 0 Å². The number of aromatic nitrogens is 1. The normalized spacial score (nSPS) is 11.2. The Morgan fingerprint density at radius 1 is 1.26 bits per heavy atom. The number of carbonyl (C=O) groups excluding carboxylic acids is 1. The Balaban J connectivity index is 2.76. The quantitative estimate of drug-likeness (QED) is 0.431. The number of benzene rings is 1. The molecule has 0 aliphatic rings. The summed E-state index contributed by atoms with van der Waals surface area (Å²) in [5.74, 6) is -1.65. The molecular weight excluding hydrogens is 376 g/mol. The largest absolute Gasteiger partial charge is 0.462 e. The highest BCUT2D eigenvalue weighted by atomic mass is 32.2. The molecule has 2 rings (SSSR count). The van der Waals surface area contributed by atoms with Gasteiger partial charge < -0.3 is 9.72 Å². The summed E-state index contributed by atoms with van der Waals surface area (Å²) >= 11 is 0. The monoisotopic (exact) mass is 394 g/mol. The van der Waals surface area contributed by atoms with Crippen molar-refractivity contribution in [2.24, 2.45) is 0 Å². The molecule has 0 radical (unpaired) electrons. The van der Waals surface area contributed by atoms with Gasteiger partial charge >= 0.3 is 17.2 Å². The van der Waals surface area contributed by atoms with Crippen molar-refractivity contribution in [1.82, 2.24) is 4.98 Å². The topological polar surface area (TPSA) is 136 Å². The Morgan fingerprint density at radius 2 is 1.89 bits per heavy atom. The molecular formula is C17H18N2O7S. The first-order valence-corrected chi connectivity index (χ1v) is 9.69. The van der Waals surface area contributed by atoms with E-state index in [1.165, 1.54) is 19.1 Å². The van der Waals surface area contributed by atoms with E-state index in [0.717, 1.165) is 0 Å². The molecule has 0 amide bonds. The van der Waals surface area contributed by atoms with Crippen LogP contribution in [0.5, 0.6) is 0 Å². The van der Waals surface area contributed by atoms with Crippen LogP contribution in [0.15, 0.2) is 40.0 Å². The molecule has 0 unspecified atom stereocenters. The second-order valence-corrected chi connectivity index (χ2v) is 7.70. The van der Waals surface area contributed by atoms with Crippen molar-refractivity contribution < 1.29 is 22.9 Å². The number of hydrogen-bond acceptors (Lipinski definition) is 7. The van der Waals surface area contributed by atoms with E-state index in [0.29, 0.717) is 12.0 Å². The summed E-state index contributed by atoms with van der Waals surface area (Å²) in [6.45, 7) is 3.03. The van der Waals surface area contributed by atoms with E-state index < -0.39 is 48.2 Å². The number of nitrogens with one attached hydrogen (secondary N) is 1. The van der Waals surface area contributed by atoms with E-state index in [1.807, 2.05) is 0 Å². The van der Waals surface area contributed by atoms with E-state index in [4.69, 9.17) is 4.74 Å². The number of aromatic amines is 1. The number of sulfone groups is 1. The van der Waals surface area contributed by atoms with Crippen LogP contribution in [-0.2, 0) is 20.3 Å². The van der Waals surface area contributed by atoms with Gasteiger partial charge in [0.15, 0.2) is 14.7 Å². The zero-order valence-electron chi connectivity index (χ0n) is 14.7. The Kier molecular flexibility index (Phi) is 6.11. The van der Waals surface area contributed by atoms with E-state index in [2.05, 4.69) is 4.98 Å². The van der Waals surface area contributed by atoms with Crippen LogP contribution in [0.4, 0.5) is 5.69 Å². The predicted octanol–water partition coefficient (Wildman–Crippen LogP) is 2.13. The highest BCUT2D eigenvalue weighted by Crippen LogP contribution is 2.29. The third-order valence-electron chi connectivity index (χ3n) is 3.67. The molecule has 0 atom stereocenters. The highest BCUT2D eigenvalue weighted by molar-refractivity contribution is 7.90. The fourth-order valence-corrected chi connectivity index (χ4v) is 4.32. The lowest BCUT2D eigenvalue weighted by atomic mass is 10.2. The maximum atomic E-state index is 13.0. The van der Waals surface area contributed by atoms with Gasteiger partial charge in [-0.1, -0.05) is 37.3 Å². The lowest BCUT2D eigenvalue weighted by molar-refractivity contribution is -0.389. The molecule has 0 saturated heterocycles. The third kappa shape index (κ3) is 4.40. The van der Waals surface area contributed by atoms with Gasteiger partial charge in [0.05, 0.1) is 17.3 Å². The van der Waals surface area contributed by atoms with Crippen LogP contribution in [0.25, 0.3) is 0 Å². The summed E-state index contributed by atoms with van der Waals surface area (Å²) in [4.78, 5) is 36.0. The van der Waals surface area contributed by atoms with Gasteiger partial charge in [0.25, 0.3) is 0 Å². The minimum atomic E-state index is -4.40. The fourth-order valence-electron chi connectivity index (χ4n) is 2.53. The van der Waals surface area contributed by atoms with Crippen LogP contribution in [0, 0.1) is 17.0 Å². The first-order valence-electron chi connectivity index (χ1n) is 8.04. The first kappa shape index (κ1) is 20.3.